The van der Waals surface area contributed by atoms with E-state index in [1.807, 2.05) is 20.8 Å². The molecule has 0 spiro atoms. The van der Waals surface area contributed by atoms with E-state index in [2.05, 4.69) is 56.6 Å². The second-order valence-corrected chi connectivity index (χ2v) is 26.1. The highest BCUT2D eigenvalue weighted by Gasteiger charge is 2.59. The van der Waals surface area contributed by atoms with Crippen LogP contribution in [0.5, 0.6) is 0 Å². The number of nitrogens with zero attached hydrogens (tertiary/aromatic N) is 1. The number of nitrogens with one attached hydrogen (secondary N) is 3. The summed E-state index contributed by atoms with van der Waals surface area (Å²) < 4.78 is 22.6. The fraction of sp³-hybridized carbons (Fsp3) is 0.879. The molecule has 0 aromatic rings. The number of carbonyl (C=O) groups is 5. The average Bonchev–Trinajstić information content (AvgIpc) is 3.60. The van der Waals surface area contributed by atoms with E-state index in [1.165, 1.54) is 50.5 Å². The Hall–Kier alpha value is -3.51. The number of allylic oxidation sites excluding steroid dienone is 1. The molecule has 71 heavy (non-hydrogen) atoms. The molecule has 0 aliphatic heterocycles. The Morgan fingerprint density at radius 1 is 0.662 bits per heavy atom. The first-order chi connectivity index (χ1) is 33.1. The second-order valence-electron chi connectivity index (χ2n) is 26.1. The summed E-state index contributed by atoms with van der Waals surface area (Å²) in [5.41, 5.74) is 0.0613. The van der Waals surface area contributed by atoms with E-state index in [9.17, 15) is 24.0 Å². The largest absolute Gasteiger partial charge is 0.461 e. The lowest BCUT2D eigenvalue weighted by atomic mass is 9.47. The molecule has 3 N–H and O–H groups in total. The maximum Gasteiger partial charge on any atom is 0.408 e. The molecule has 13 nitrogen and oxygen atoms in total. The van der Waals surface area contributed by atoms with E-state index < -0.39 is 47.1 Å². The minimum absolute atomic E-state index is 0.119. The van der Waals surface area contributed by atoms with Gasteiger partial charge in [0.1, 0.15) is 35.5 Å². The molecule has 0 radical (unpaired) electrons. The number of amides is 4. The van der Waals surface area contributed by atoms with Gasteiger partial charge in [0.05, 0.1) is 0 Å². The van der Waals surface area contributed by atoms with Crippen molar-refractivity contribution in [2.75, 3.05) is 26.2 Å². The third-order valence-electron chi connectivity index (χ3n) is 16.3. The molecule has 13 heteroatoms. The summed E-state index contributed by atoms with van der Waals surface area (Å²) in [4.78, 5) is 67.7. The van der Waals surface area contributed by atoms with Gasteiger partial charge in [-0.1, -0.05) is 91.2 Å². The fourth-order valence-corrected chi connectivity index (χ4v) is 12.9. The molecular formula is C58H102N4O9. The van der Waals surface area contributed by atoms with Gasteiger partial charge in [-0.25, -0.2) is 14.4 Å². The lowest BCUT2D eigenvalue weighted by Crippen LogP contribution is -2.52. The number of rotatable bonds is 24. The number of alkyl carbamates (subject to hydrolysis) is 3. The van der Waals surface area contributed by atoms with E-state index in [-0.39, 0.29) is 30.4 Å². The minimum atomic E-state index is -0.951. The van der Waals surface area contributed by atoms with Gasteiger partial charge in [0.15, 0.2) is 0 Å². The van der Waals surface area contributed by atoms with E-state index in [1.54, 1.807) is 46.4 Å². The van der Waals surface area contributed by atoms with Crippen molar-refractivity contribution in [1.82, 2.24) is 20.9 Å². The fourth-order valence-electron chi connectivity index (χ4n) is 12.9. The van der Waals surface area contributed by atoms with Gasteiger partial charge in [-0.3, -0.25) is 9.59 Å². The number of carbonyl (C=O) groups excluding carboxylic acids is 5. The normalized spacial score (nSPS) is 26.1. The van der Waals surface area contributed by atoms with Crippen LogP contribution in [-0.2, 0) is 28.5 Å². The average molecular weight is 999 g/mol. The van der Waals surface area contributed by atoms with E-state index >= 15 is 0 Å². The highest BCUT2D eigenvalue weighted by Crippen LogP contribution is 2.67. The van der Waals surface area contributed by atoms with Crippen molar-refractivity contribution >= 4 is 30.2 Å². The van der Waals surface area contributed by atoms with Crippen LogP contribution in [0.2, 0.25) is 0 Å². The van der Waals surface area contributed by atoms with Crippen molar-refractivity contribution in [2.24, 2.45) is 46.3 Å². The van der Waals surface area contributed by atoms with Crippen LogP contribution in [0.3, 0.4) is 0 Å². The standard InChI is InChI=1S/C58H102N4O9/c1-40(2)24-23-25-41(3)45-29-30-46-44-28-27-42-38-43(31-33-57(42,13)47(44)32-34-58(45,46)14)68-49(63)39-62(37-22-18-16-15-17-20-35-59-51(65)69-54(4,5)6)50(64)48(61-53(67)71-56(10,11)12)26-19-21-36-60-52(66)70-55(7,8)9/h27,40-41,43-48H,15-26,28-39H2,1-14H3,(H,59,65)(H,60,66)(H,61,67)/t41-,43+,44+,45-,46+,47+,48+,57+,58-/m1/s1. The first kappa shape index (κ1) is 60.0. The van der Waals surface area contributed by atoms with Gasteiger partial charge < -0.3 is 39.8 Å². The quantitative estimate of drug-likeness (QED) is 0.0370. The van der Waals surface area contributed by atoms with Crippen LogP contribution in [0, 0.1) is 46.3 Å². The maximum absolute atomic E-state index is 14.6. The number of fused-ring (bicyclic) bond motifs is 5. The van der Waals surface area contributed by atoms with Crippen LogP contribution in [-0.4, -0.2) is 90.2 Å². The van der Waals surface area contributed by atoms with Gasteiger partial charge in [-0.2, -0.15) is 0 Å². The summed E-state index contributed by atoms with van der Waals surface area (Å²) >= 11 is 0. The zero-order valence-corrected chi connectivity index (χ0v) is 47.3. The number of unbranched alkanes of at least 4 members (excludes halogenated alkanes) is 6. The van der Waals surface area contributed by atoms with Crippen LogP contribution in [0.25, 0.3) is 0 Å². The molecule has 4 aliphatic carbocycles. The molecule has 408 valence electrons. The monoisotopic (exact) mass is 999 g/mol. The highest BCUT2D eigenvalue weighted by atomic mass is 16.6. The predicted molar refractivity (Wildman–Crippen MR) is 283 cm³/mol. The Balaban J connectivity index is 1.40. The lowest BCUT2D eigenvalue weighted by molar-refractivity contribution is -0.156. The first-order valence-corrected chi connectivity index (χ1v) is 28.2. The number of ether oxygens (including phenoxy) is 4. The molecular weight excluding hydrogens is 897 g/mol. The van der Waals surface area contributed by atoms with Crippen molar-refractivity contribution in [2.45, 2.75) is 254 Å². The van der Waals surface area contributed by atoms with Gasteiger partial charge in [0.2, 0.25) is 5.91 Å². The molecule has 9 atom stereocenters. The smallest absolute Gasteiger partial charge is 0.408 e. The number of esters is 1. The summed E-state index contributed by atoms with van der Waals surface area (Å²) in [6.07, 6.45) is 20.2. The maximum atomic E-state index is 14.6. The highest BCUT2D eigenvalue weighted by molar-refractivity contribution is 5.88. The van der Waals surface area contributed by atoms with Crippen LogP contribution >= 0.6 is 0 Å². The molecule has 4 aliphatic rings. The minimum Gasteiger partial charge on any atom is -0.461 e. The van der Waals surface area contributed by atoms with E-state index in [0.29, 0.717) is 50.2 Å². The van der Waals surface area contributed by atoms with Crippen molar-refractivity contribution in [3.8, 4) is 0 Å². The molecule has 3 saturated carbocycles. The molecule has 0 aromatic carbocycles. The van der Waals surface area contributed by atoms with E-state index in [4.69, 9.17) is 18.9 Å². The van der Waals surface area contributed by atoms with Crippen LogP contribution in [0.4, 0.5) is 14.4 Å². The molecule has 0 unspecified atom stereocenters. The van der Waals surface area contributed by atoms with Crippen LogP contribution in [0.1, 0.15) is 225 Å². The first-order valence-electron chi connectivity index (χ1n) is 28.2. The summed E-state index contributed by atoms with van der Waals surface area (Å²) in [7, 11) is 0. The topological polar surface area (TPSA) is 162 Å². The van der Waals surface area contributed by atoms with Gasteiger partial charge >= 0.3 is 24.2 Å². The SMILES string of the molecule is CC(C)CCC[C@@H](C)[C@H]1CC[C@H]2[C@@H]3CC=C4C[C@@H](OC(=O)CN(CCCCCCCCNC(=O)OC(C)(C)C)C(=O)[C@H](CCCCNC(=O)OC(C)(C)C)NC(=O)OC(C)(C)C)CC[C@]4(C)[C@H]3CC[C@]12C. The van der Waals surface area contributed by atoms with Crippen molar-refractivity contribution in [1.29, 1.82) is 0 Å². The Morgan fingerprint density at radius 3 is 1.85 bits per heavy atom. The molecule has 3 fully saturated rings. The Kier molecular flexibility index (Phi) is 22.5. The molecule has 0 bridgehead atoms. The predicted octanol–water partition coefficient (Wildman–Crippen LogP) is 13.2. The summed E-state index contributed by atoms with van der Waals surface area (Å²) in [5, 5.41) is 8.41. The van der Waals surface area contributed by atoms with Gasteiger partial charge in [-0.05, 0) is 186 Å². The number of hydrogen-bond acceptors (Lipinski definition) is 9. The third kappa shape index (κ3) is 19.4. The zero-order valence-electron chi connectivity index (χ0n) is 47.3. The van der Waals surface area contributed by atoms with Crippen LogP contribution in [0.15, 0.2) is 11.6 Å². The van der Waals surface area contributed by atoms with Crippen molar-refractivity contribution in [3.05, 3.63) is 11.6 Å². The van der Waals surface area contributed by atoms with Gasteiger partial charge in [0, 0.05) is 26.1 Å². The Labute approximate surface area is 430 Å². The van der Waals surface area contributed by atoms with Gasteiger partial charge in [-0.15, -0.1) is 0 Å². The summed E-state index contributed by atoms with van der Waals surface area (Å²) in [6, 6.07) is -0.951. The number of hydrogen-bond donors (Lipinski definition) is 3. The molecule has 0 saturated heterocycles. The molecule has 0 aromatic heterocycles. The molecule has 0 heterocycles. The van der Waals surface area contributed by atoms with Crippen molar-refractivity contribution in [3.63, 3.8) is 0 Å². The molecule has 4 rings (SSSR count). The van der Waals surface area contributed by atoms with Crippen LogP contribution < -0.4 is 16.0 Å². The summed E-state index contributed by atoms with van der Waals surface area (Å²) in [5.74, 6) is 3.76. The van der Waals surface area contributed by atoms with E-state index in [0.717, 1.165) is 87.4 Å². The molecule has 4 amide bonds. The summed E-state index contributed by atoms with van der Waals surface area (Å²) in [6.45, 7) is 29.6. The Morgan fingerprint density at radius 2 is 1.24 bits per heavy atom. The lowest BCUT2D eigenvalue weighted by Gasteiger charge is -2.58. The van der Waals surface area contributed by atoms with Crippen molar-refractivity contribution < 1.29 is 42.9 Å². The second kappa shape index (κ2) is 26.6. The van der Waals surface area contributed by atoms with Gasteiger partial charge in [0.25, 0.3) is 0 Å². The Bertz CT molecular complexity index is 1760. The third-order valence-corrected chi connectivity index (χ3v) is 16.3. The zero-order chi connectivity index (χ0) is 52.8.